The van der Waals surface area contributed by atoms with E-state index in [1.165, 1.54) is 30.6 Å². The van der Waals surface area contributed by atoms with Gasteiger partial charge in [-0.2, -0.15) is 5.26 Å². The van der Waals surface area contributed by atoms with E-state index in [2.05, 4.69) is 10.3 Å². The quantitative estimate of drug-likeness (QED) is 0.855. The summed E-state index contributed by atoms with van der Waals surface area (Å²) < 4.78 is 25.9. The number of likely N-dealkylation sites (tertiary alicyclic amines) is 1. The van der Waals surface area contributed by atoms with Crippen LogP contribution in [0.5, 0.6) is 0 Å². The third-order valence-corrected chi connectivity index (χ3v) is 2.88. The first kappa shape index (κ1) is 13.9. The van der Waals surface area contributed by atoms with Crippen molar-refractivity contribution < 1.29 is 18.4 Å². The minimum Gasteiger partial charge on any atom is -0.343 e. The second-order valence-corrected chi connectivity index (χ2v) is 4.23. The predicted octanol–water partition coefficient (Wildman–Crippen LogP) is 0.181. The summed E-state index contributed by atoms with van der Waals surface area (Å²) in [5.41, 5.74) is 0.304. The largest absolute Gasteiger partial charge is 0.343 e. The van der Waals surface area contributed by atoms with Gasteiger partial charge in [0.15, 0.2) is 6.04 Å². The molecule has 104 valence electrons. The number of nitriles is 1. The smallest absolute Gasteiger partial charge is 0.298 e. The van der Waals surface area contributed by atoms with Crippen molar-refractivity contribution in [2.75, 3.05) is 13.1 Å². The van der Waals surface area contributed by atoms with Gasteiger partial charge in [0.05, 0.1) is 19.2 Å². The molecule has 2 rings (SSSR count). The zero-order chi connectivity index (χ0) is 14.8. The molecule has 0 bridgehead atoms. The maximum atomic E-state index is 13.0. The number of rotatable bonds is 3. The molecule has 0 aromatic carbocycles. The normalized spacial score (nSPS) is 19.6. The summed E-state index contributed by atoms with van der Waals surface area (Å²) in [6.45, 7) is -1.23. The van der Waals surface area contributed by atoms with Gasteiger partial charge in [0.2, 0.25) is 5.91 Å². The maximum Gasteiger partial charge on any atom is 0.298 e. The summed E-state index contributed by atoms with van der Waals surface area (Å²) in [6.07, 6.45) is 2.83. The van der Waals surface area contributed by atoms with Gasteiger partial charge in [0.1, 0.15) is 0 Å². The molecule has 1 fully saturated rings. The fraction of sp³-hybridized carbons (Fsp3) is 0.333. The van der Waals surface area contributed by atoms with Crippen LogP contribution in [0.25, 0.3) is 0 Å². The number of pyridine rings is 1. The first-order chi connectivity index (χ1) is 9.45. The van der Waals surface area contributed by atoms with Gasteiger partial charge in [0.25, 0.3) is 11.8 Å². The zero-order valence-electron chi connectivity index (χ0n) is 10.2. The number of alkyl halides is 2. The molecule has 1 aliphatic rings. The number of hydrogen-bond donors (Lipinski definition) is 1. The molecule has 1 N–H and O–H groups in total. The van der Waals surface area contributed by atoms with Crippen molar-refractivity contribution in [3.8, 4) is 6.07 Å². The molecule has 1 aromatic heterocycles. The van der Waals surface area contributed by atoms with Crippen molar-refractivity contribution in [3.05, 3.63) is 30.1 Å². The molecule has 8 heteroatoms. The van der Waals surface area contributed by atoms with Gasteiger partial charge in [-0.25, -0.2) is 8.78 Å². The molecule has 2 heterocycles. The highest BCUT2D eigenvalue weighted by Gasteiger charge is 2.57. The molecule has 0 spiro atoms. The molecule has 20 heavy (non-hydrogen) atoms. The molecule has 2 amide bonds. The van der Waals surface area contributed by atoms with E-state index >= 15 is 0 Å². The molecule has 1 saturated heterocycles. The number of halogens is 2. The van der Waals surface area contributed by atoms with E-state index in [1.807, 2.05) is 0 Å². The lowest BCUT2D eigenvalue weighted by Gasteiger charge is -2.43. The first-order valence-electron chi connectivity index (χ1n) is 5.71. The van der Waals surface area contributed by atoms with E-state index in [4.69, 9.17) is 5.26 Å². The second-order valence-electron chi connectivity index (χ2n) is 4.23. The van der Waals surface area contributed by atoms with Crippen molar-refractivity contribution in [1.82, 2.24) is 15.2 Å². The lowest BCUT2D eigenvalue weighted by atomic mass is 9.99. The summed E-state index contributed by atoms with van der Waals surface area (Å²) in [6, 6.07) is 2.53. The van der Waals surface area contributed by atoms with E-state index in [-0.39, 0.29) is 0 Å². The number of amides is 2. The van der Waals surface area contributed by atoms with Crippen LogP contribution in [0.2, 0.25) is 0 Å². The summed E-state index contributed by atoms with van der Waals surface area (Å²) in [5.74, 6) is -4.41. The summed E-state index contributed by atoms with van der Waals surface area (Å²) in [4.78, 5) is 27.7. The highest BCUT2D eigenvalue weighted by molar-refractivity contribution is 5.96. The van der Waals surface area contributed by atoms with Crippen molar-refractivity contribution in [3.63, 3.8) is 0 Å². The summed E-state index contributed by atoms with van der Waals surface area (Å²) in [7, 11) is 0. The van der Waals surface area contributed by atoms with Gasteiger partial charge in [-0.1, -0.05) is 0 Å². The Kier molecular flexibility index (Phi) is 3.61. The van der Waals surface area contributed by atoms with Gasteiger partial charge in [0, 0.05) is 18.0 Å². The molecule has 1 aromatic rings. The molecule has 1 atom stereocenters. The highest BCUT2D eigenvalue weighted by atomic mass is 19.3. The minimum atomic E-state index is -3.18. The maximum absolute atomic E-state index is 13.0. The van der Waals surface area contributed by atoms with Gasteiger partial charge < -0.3 is 10.2 Å². The van der Waals surface area contributed by atoms with E-state index in [0.29, 0.717) is 5.56 Å². The van der Waals surface area contributed by atoms with Crippen LogP contribution in [-0.2, 0) is 4.79 Å². The van der Waals surface area contributed by atoms with E-state index in [0.717, 1.165) is 4.90 Å². The minimum absolute atomic E-state index is 0.304. The Morgan fingerprint density at radius 2 is 2.15 bits per heavy atom. The van der Waals surface area contributed by atoms with E-state index < -0.39 is 36.9 Å². The fourth-order valence-electron chi connectivity index (χ4n) is 1.78. The Balaban J connectivity index is 1.88. The number of aromatic nitrogens is 1. The lowest BCUT2D eigenvalue weighted by molar-refractivity contribution is -0.180. The topological polar surface area (TPSA) is 86.1 Å². The summed E-state index contributed by atoms with van der Waals surface area (Å²) >= 11 is 0. The van der Waals surface area contributed by atoms with Gasteiger partial charge >= 0.3 is 0 Å². The van der Waals surface area contributed by atoms with Crippen LogP contribution in [0.4, 0.5) is 8.78 Å². The predicted molar refractivity (Wildman–Crippen MR) is 62.6 cm³/mol. The van der Waals surface area contributed by atoms with Gasteiger partial charge in [-0.15, -0.1) is 0 Å². The fourth-order valence-corrected chi connectivity index (χ4v) is 1.78. The average molecular weight is 280 g/mol. The lowest BCUT2D eigenvalue weighted by Crippen LogP contribution is -2.67. The monoisotopic (exact) mass is 280 g/mol. The number of hydrogen-bond acceptors (Lipinski definition) is 4. The molecule has 0 aliphatic carbocycles. The van der Waals surface area contributed by atoms with Crippen molar-refractivity contribution in [1.29, 1.82) is 5.26 Å². The van der Waals surface area contributed by atoms with Crippen LogP contribution in [-0.4, -0.2) is 46.8 Å². The highest BCUT2D eigenvalue weighted by Crippen LogP contribution is 2.34. The van der Waals surface area contributed by atoms with Crippen LogP contribution in [0.1, 0.15) is 10.4 Å². The number of nitrogens with zero attached hydrogens (tertiary/aromatic N) is 3. The molecule has 6 nitrogen and oxygen atoms in total. The Morgan fingerprint density at radius 1 is 1.50 bits per heavy atom. The Morgan fingerprint density at radius 3 is 2.70 bits per heavy atom. The van der Waals surface area contributed by atoms with Crippen LogP contribution in [0.15, 0.2) is 24.5 Å². The first-order valence-corrected chi connectivity index (χ1v) is 5.71. The van der Waals surface area contributed by atoms with Crippen LogP contribution in [0, 0.1) is 11.3 Å². The average Bonchev–Trinajstić information content (AvgIpc) is 2.43. The zero-order valence-corrected chi connectivity index (χ0v) is 10.2. The second kappa shape index (κ2) is 5.21. The SMILES string of the molecule is N#CC1N(C(=O)CNC(=O)c2ccncc2)CC1(F)F. The van der Waals surface area contributed by atoms with E-state index in [9.17, 15) is 18.4 Å². The standard InChI is InChI=1S/C12H10F2N4O2/c13-12(14)7-18(9(12)5-15)10(19)6-17-11(20)8-1-3-16-4-2-8/h1-4,9H,6-7H2,(H,17,20). The van der Waals surface area contributed by atoms with Gasteiger partial charge in [-0.05, 0) is 12.1 Å². The summed E-state index contributed by atoms with van der Waals surface area (Å²) in [5, 5.41) is 10.9. The molecule has 1 aliphatic heterocycles. The van der Waals surface area contributed by atoms with Crippen molar-refractivity contribution in [2.24, 2.45) is 0 Å². The van der Waals surface area contributed by atoms with E-state index in [1.54, 1.807) is 0 Å². The molecule has 1 unspecified atom stereocenters. The number of nitrogens with one attached hydrogen (secondary N) is 1. The van der Waals surface area contributed by atoms with Crippen LogP contribution in [0.3, 0.4) is 0 Å². The van der Waals surface area contributed by atoms with Crippen molar-refractivity contribution >= 4 is 11.8 Å². The Bertz CT molecular complexity index is 571. The number of carbonyl (C=O) groups is 2. The third kappa shape index (κ3) is 2.56. The third-order valence-electron chi connectivity index (χ3n) is 2.88. The Labute approximate surface area is 113 Å². The Hall–Kier alpha value is -2.56. The van der Waals surface area contributed by atoms with Crippen LogP contribution >= 0.6 is 0 Å². The van der Waals surface area contributed by atoms with Crippen LogP contribution < -0.4 is 5.32 Å². The van der Waals surface area contributed by atoms with Gasteiger partial charge in [-0.3, -0.25) is 14.6 Å². The molecule has 0 saturated carbocycles. The molecular formula is C12H10F2N4O2. The van der Waals surface area contributed by atoms with Crippen molar-refractivity contribution in [2.45, 2.75) is 12.0 Å². The molecular weight excluding hydrogens is 270 g/mol. The molecule has 0 radical (unpaired) electrons. The number of carbonyl (C=O) groups excluding carboxylic acids is 2.